The molecule has 0 radical (unpaired) electrons. The molecule has 0 bridgehead atoms. The van der Waals surface area contributed by atoms with Crippen molar-refractivity contribution in [3.63, 3.8) is 0 Å². The van der Waals surface area contributed by atoms with Crippen LogP contribution in [0.1, 0.15) is 0 Å². The molecule has 5 nitrogen and oxygen atoms in total. The van der Waals surface area contributed by atoms with Gasteiger partial charge in [-0.2, -0.15) is 0 Å². The summed E-state index contributed by atoms with van der Waals surface area (Å²) in [6.07, 6.45) is -4.27. The van der Waals surface area contributed by atoms with Gasteiger partial charge in [0.25, 0.3) is 0 Å². The molecular weight excluding hydrogens is 257 g/mol. The summed E-state index contributed by atoms with van der Waals surface area (Å²) in [5, 5.41) is 28.1. The van der Waals surface area contributed by atoms with Crippen LogP contribution in [0, 0.1) is 0 Å². The van der Waals surface area contributed by atoms with Crippen LogP contribution in [0.5, 0.6) is 0 Å². The third-order valence-corrected chi connectivity index (χ3v) is 2.91. The average molecular weight is 274 g/mol. The lowest BCUT2D eigenvalue weighted by molar-refractivity contribution is -0.129. The molecule has 1 fully saturated rings. The zero-order valence-corrected chi connectivity index (χ0v) is 10.3. The lowest BCUT2D eigenvalue weighted by atomic mass is 10.1. The zero-order valence-electron chi connectivity index (χ0n) is 8.80. The number of rotatable bonds is 6. The fourth-order valence-corrected chi connectivity index (χ4v) is 2.15. The van der Waals surface area contributed by atoms with E-state index in [2.05, 4.69) is 0 Å². The third-order valence-electron chi connectivity index (χ3n) is 2.58. The summed E-state index contributed by atoms with van der Waals surface area (Å²) in [5.74, 6) is 0.898. The Morgan fingerprint density at radius 3 is 1.94 bits per heavy atom. The van der Waals surface area contributed by atoms with Crippen LogP contribution >= 0.6 is 23.2 Å². The van der Waals surface area contributed by atoms with E-state index in [0.29, 0.717) is 31.4 Å². The number of halogens is 2. The molecule has 0 saturated carbocycles. The van der Waals surface area contributed by atoms with Gasteiger partial charge in [-0.05, 0) is 0 Å². The Hall–Kier alpha value is 0.380. The van der Waals surface area contributed by atoms with Gasteiger partial charge in [0.1, 0.15) is 18.3 Å². The molecule has 4 atom stereocenters. The molecule has 96 valence electrons. The van der Waals surface area contributed by atoms with Crippen LogP contribution in [0.25, 0.3) is 0 Å². The zero-order chi connectivity index (χ0) is 12.1. The standard InChI is InChI=1S/C9H17Cl2NO4/c10-1-3-12(4-2-11)5-6-7(13)8(14)9(15)16-6/h6-9,13-15H,1-5H2. The Balaban J connectivity index is 2.45. The maximum absolute atomic E-state index is 9.59. The van der Waals surface area contributed by atoms with Crippen molar-refractivity contribution in [1.82, 2.24) is 4.90 Å². The van der Waals surface area contributed by atoms with Crippen molar-refractivity contribution in [3.8, 4) is 0 Å². The first kappa shape index (κ1) is 14.4. The molecule has 1 aliphatic heterocycles. The second kappa shape index (κ2) is 6.96. The molecule has 0 aliphatic carbocycles. The van der Waals surface area contributed by atoms with Gasteiger partial charge in [-0.25, -0.2) is 0 Å². The van der Waals surface area contributed by atoms with Crippen molar-refractivity contribution in [2.45, 2.75) is 24.6 Å². The van der Waals surface area contributed by atoms with Gasteiger partial charge in [0, 0.05) is 31.4 Å². The summed E-state index contributed by atoms with van der Waals surface area (Å²) in [6.45, 7) is 1.62. The van der Waals surface area contributed by atoms with E-state index in [9.17, 15) is 15.3 Å². The van der Waals surface area contributed by atoms with E-state index in [1.54, 1.807) is 0 Å². The summed E-state index contributed by atoms with van der Waals surface area (Å²) in [5.41, 5.74) is 0. The third kappa shape index (κ3) is 3.70. The van der Waals surface area contributed by atoms with Crippen molar-refractivity contribution in [3.05, 3.63) is 0 Å². The van der Waals surface area contributed by atoms with Gasteiger partial charge in [0.15, 0.2) is 6.29 Å². The van der Waals surface area contributed by atoms with E-state index in [-0.39, 0.29) is 0 Å². The Bertz CT molecular complexity index is 204. The minimum atomic E-state index is -1.33. The monoisotopic (exact) mass is 273 g/mol. The largest absolute Gasteiger partial charge is 0.387 e. The number of alkyl halides is 2. The van der Waals surface area contributed by atoms with Crippen molar-refractivity contribution in [2.24, 2.45) is 0 Å². The minimum absolute atomic E-state index is 0.384. The number of nitrogens with zero attached hydrogens (tertiary/aromatic N) is 1. The Morgan fingerprint density at radius 1 is 1.00 bits per heavy atom. The molecule has 3 N–H and O–H groups in total. The average Bonchev–Trinajstić information content (AvgIpc) is 2.47. The smallest absolute Gasteiger partial charge is 0.184 e. The molecule has 0 aromatic carbocycles. The number of ether oxygens (including phenoxy) is 1. The van der Waals surface area contributed by atoms with E-state index < -0.39 is 24.6 Å². The number of hydrogen-bond donors (Lipinski definition) is 3. The maximum Gasteiger partial charge on any atom is 0.184 e. The van der Waals surface area contributed by atoms with Crippen LogP contribution in [0.2, 0.25) is 0 Å². The lowest BCUT2D eigenvalue weighted by Crippen LogP contribution is -2.41. The summed E-state index contributed by atoms with van der Waals surface area (Å²) >= 11 is 11.2. The molecule has 7 heteroatoms. The van der Waals surface area contributed by atoms with E-state index in [1.807, 2.05) is 4.90 Å². The first-order valence-electron chi connectivity index (χ1n) is 5.14. The van der Waals surface area contributed by atoms with Crippen LogP contribution in [-0.2, 0) is 4.74 Å². The molecule has 0 aromatic rings. The van der Waals surface area contributed by atoms with Gasteiger partial charge >= 0.3 is 0 Å². The fourth-order valence-electron chi connectivity index (χ4n) is 1.67. The van der Waals surface area contributed by atoms with Gasteiger partial charge in [0.05, 0.1) is 0 Å². The molecule has 0 aromatic heterocycles. The van der Waals surface area contributed by atoms with Gasteiger partial charge in [0.2, 0.25) is 0 Å². The highest BCUT2D eigenvalue weighted by Gasteiger charge is 2.42. The van der Waals surface area contributed by atoms with Crippen LogP contribution in [0.3, 0.4) is 0 Å². The molecule has 4 unspecified atom stereocenters. The highest BCUT2D eigenvalue weighted by atomic mass is 35.5. The molecular formula is C9H17Cl2NO4. The predicted molar refractivity (Wildman–Crippen MR) is 60.8 cm³/mol. The molecule has 1 saturated heterocycles. The summed E-state index contributed by atoms with van der Waals surface area (Å²) in [6, 6.07) is 0. The lowest BCUT2D eigenvalue weighted by Gasteiger charge is -2.24. The maximum atomic E-state index is 9.59. The van der Waals surface area contributed by atoms with Crippen LogP contribution < -0.4 is 0 Å². The minimum Gasteiger partial charge on any atom is -0.387 e. The highest BCUT2D eigenvalue weighted by Crippen LogP contribution is 2.20. The van der Waals surface area contributed by atoms with Crippen LogP contribution in [0.4, 0.5) is 0 Å². The molecule has 1 aliphatic rings. The topological polar surface area (TPSA) is 73.2 Å². The normalized spacial score (nSPS) is 34.9. The van der Waals surface area contributed by atoms with Crippen LogP contribution in [-0.4, -0.2) is 76.2 Å². The number of hydrogen-bond acceptors (Lipinski definition) is 5. The first-order chi connectivity index (χ1) is 7.60. The first-order valence-corrected chi connectivity index (χ1v) is 6.21. The summed E-state index contributed by atoms with van der Waals surface area (Å²) in [7, 11) is 0. The molecule has 0 spiro atoms. The van der Waals surface area contributed by atoms with E-state index in [4.69, 9.17) is 27.9 Å². The van der Waals surface area contributed by atoms with Crippen LogP contribution in [0.15, 0.2) is 0 Å². The van der Waals surface area contributed by atoms with Gasteiger partial charge in [-0.1, -0.05) is 0 Å². The summed E-state index contributed by atoms with van der Waals surface area (Å²) in [4.78, 5) is 1.92. The Morgan fingerprint density at radius 2 is 1.56 bits per heavy atom. The number of aliphatic hydroxyl groups excluding tert-OH is 3. The van der Waals surface area contributed by atoms with Gasteiger partial charge < -0.3 is 20.1 Å². The second-order valence-corrected chi connectivity index (χ2v) is 4.48. The molecule has 0 amide bonds. The van der Waals surface area contributed by atoms with Crippen molar-refractivity contribution < 1.29 is 20.1 Å². The molecule has 1 heterocycles. The van der Waals surface area contributed by atoms with Crippen molar-refractivity contribution >= 4 is 23.2 Å². The van der Waals surface area contributed by atoms with E-state index >= 15 is 0 Å². The highest BCUT2D eigenvalue weighted by molar-refractivity contribution is 6.18. The predicted octanol–water partition coefficient (Wildman–Crippen LogP) is -0.795. The van der Waals surface area contributed by atoms with E-state index in [0.717, 1.165) is 0 Å². The second-order valence-electron chi connectivity index (χ2n) is 3.72. The Kier molecular flexibility index (Phi) is 6.28. The quantitative estimate of drug-likeness (QED) is 0.553. The number of aliphatic hydroxyl groups is 3. The molecule has 1 rings (SSSR count). The SMILES string of the molecule is OC1OC(CN(CCCl)CCCl)C(O)C1O. The fraction of sp³-hybridized carbons (Fsp3) is 1.00. The Labute approximate surface area is 105 Å². The van der Waals surface area contributed by atoms with Gasteiger partial charge in [-0.15, -0.1) is 23.2 Å². The van der Waals surface area contributed by atoms with Crippen molar-refractivity contribution in [1.29, 1.82) is 0 Å². The summed E-state index contributed by atoms with van der Waals surface area (Å²) < 4.78 is 5.04. The van der Waals surface area contributed by atoms with Crippen molar-refractivity contribution in [2.75, 3.05) is 31.4 Å². The van der Waals surface area contributed by atoms with Gasteiger partial charge in [-0.3, -0.25) is 4.90 Å². The molecule has 16 heavy (non-hydrogen) atoms. The van der Waals surface area contributed by atoms with E-state index in [1.165, 1.54) is 0 Å².